The highest BCUT2D eigenvalue weighted by Gasteiger charge is 2.38. The molecule has 0 spiro atoms. The van der Waals surface area contributed by atoms with E-state index in [1.807, 2.05) is 44.2 Å². The third-order valence-corrected chi connectivity index (χ3v) is 5.96. The minimum absolute atomic E-state index is 0.144. The van der Waals surface area contributed by atoms with Gasteiger partial charge in [-0.3, -0.25) is 19.3 Å². The van der Waals surface area contributed by atoms with E-state index in [0.29, 0.717) is 12.1 Å². The van der Waals surface area contributed by atoms with Crippen LogP contribution in [0.1, 0.15) is 31.4 Å². The Hall–Kier alpha value is -3.68. The summed E-state index contributed by atoms with van der Waals surface area (Å²) in [6.07, 6.45) is 1.01. The van der Waals surface area contributed by atoms with Crippen molar-refractivity contribution in [2.75, 3.05) is 11.4 Å². The lowest BCUT2D eigenvalue weighted by Crippen LogP contribution is -2.53. The van der Waals surface area contributed by atoms with Gasteiger partial charge in [-0.2, -0.15) is 0 Å². The standard InChI is InChI=1S/C25H29N3O5/c1-3-16(2)23(27-21(29)13-17-9-5-4-6-10-17)24(31)26-15-22(30)28-19-12-8-7-11-18(19)14-20(28)25(32)33/h4-12,16,20,23H,3,13-15H2,1-2H3,(H,26,31)(H,27,29)(H,32,33)/t16-,20?,23-/m0/s1. The lowest BCUT2D eigenvalue weighted by Gasteiger charge is -2.25. The number of fused-ring (bicyclic) bond motifs is 1. The summed E-state index contributed by atoms with van der Waals surface area (Å²) < 4.78 is 0. The maximum absolute atomic E-state index is 12.9. The number of para-hydroxylation sites is 1. The van der Waals surface area contributed by atoms with Crippen molar-refractivity contribution in [2.45, 2.75) is 45.2 Å². The molecule has 0 aliphatic carbocycles. The average Bonchev–Trinajstić information content (AvgIpc) is 3.21. The number of hydrogen-bond donors (Lipinski definition) is 3. The van der Waals surface area contributed by atoms with E-state index in [2.05, 4.69) is 10.6 Å². The third-order valence-electron chi connectivity index (χ3n) is 5.96. The summed E-state index contributed by atoms with van der Waals surface area (Å²) in [5.74, 6) is -2.53. The topological polar surface area (TPSA) is 116 Å². The van der Waals surface area contributed by atoms with Crippen molar-refractivity contribution in [2.24, 2.45) is 5.92 Å². The molecule has 2 aromatic rings. The van der Waals surface area contributed by atoms with Crippen LogP contribution in [0.5, 0.6) is 0 Å². The molecule has 1 aliphatic rings. The number of rotatable bonds is 9. The fraction of sp³-hybridized carbons (Fsp3) is 0.360. The van der Waals surface area contributed by atoms with Gasteiger partial charge in [-0.1, -0.05) is 68.8 Å². The van der Waals surface area contributed by atoms with E-state index in [-0.39, 0.29) is 31.2 Å². The van der Waals surface area contributed by atoms with E-state index < -0.39 is 29.9 Å². The van der Waals surface area contributed by atoms with Crippen LogP contribution < -0.4 is 15.5 Å². The van der Waals surface area contributed by atoms with Crippen molar-refractivity contribution in [3.63, 3.8) is 0 Å². The molecule has 0 aromatic heterocycles. The van der Waals surface area contributed by atoms with Crippen LogP contribution in [0, 0.1) is 5.92 Å². The molecule has 3 atom stereocenters. The predicted molar refractivity (Wildman–Crippen MR) is 124 cm³/mol. The summed E-state index contributed by atoms with van der Waals surface area (Å²) in [6.45, 7) is 3.41. The fourth-order valence-electron chi connectivity index (χ4n) is 3.96. The lowest BCUT2D eigenvalue weighted by molar-refractivity contribution is -0.139. The molecule has 3 N–H and O–H groups in total. The van der Waals surface area contributed by atoms with Crippen LogP contribution >= 0.6 is 0 Å². The molecule has 33 heavy (non-hydrogen) atoms. The molecule has 8 heteroatoms. The number of carbonyl (C=O) groups excluding carboxylic acids is 3. The number of benzene rings is 2. The Labute approximate surface area is 193 Å². The Bertz CT molecular complexity index is 1020. The van der Waals surface area contributed by atoms with Gasteiger partial charge in [0, 0.05) is 12.1 Å². The highest BCUT2D eigenvalue weighted by molar-refractivity contribution is 6.04. The van der Waals surface area contributed by atoms with Crippen LogP contribution in [0.4, 0.5) is 5.69 Å². The van der Waals surface area contributed by atoms with Crippen LogP contribution in [0.25, 0.3) is 0 Å². The molecule has 8 nitrogen and oxygen atoms in total. The first-order valence-electron chi connectivity index (χ1n) is 11.1. The second-order valence-electron chi connectivity index (χ2n) is 8.26. The summed E-state index contributed by atoms with van der Waals surface area (Å²) in [7, 11) is 0. The first-order chi connectivity index (χ1) is 15.8. The first kappa shape index (κ1) is 24.0. The van der Waals surface area contributed by atoms with Gasteiger partial charge in [0.05, 0.1) is 13.0 Å². The number of nitrogens with zero attached hydrogens (tertiary/aromatic N) is 1. The van der Waals surface area contributed by atoms with Gasteiger partial charge in [0.2, 0.25) is 17.7 Å². The van der Waals surface area contributed by atoms with Gasteiger partial charge < -0.3 is 15.7 Å². The minimum atomic E-state index is -1.10. The zero-order chi connectivity index (χ0) is 24.0. The van der Waals surface area contributed by atoms with E-state index >= 15 is 0 Å². The largest absolute Gasteiger partial charge is 0.480 e. The molecule has 0 fully saturated rings. The average molecular weight is 452 g/mol. The molecule has 0 bridgehead atoms. The Balaban J connectivity index is 1.65. The number of carboxylic acids is 1. The molecular formula is C25H29N3O5. The van der Waals surface area contributed by atoms with Crippen LogP contribution in [-0.2, 0) is 32.0 Å². The quantitative estimate of drug-likeness (QED) is 0.539. The van der Waals surface area contributed by atoms with Gasteiger partial charge in [-0.15, -0.1) is 0 Å². The molecule has 1 heterocycles. The van der Waals surface area contributed by atoms with Gasteiger partial charge in [0.15, 0.2) is 0 Å². The normalized spacial score (nSPS) is 16.4. The molecule has 1 unspecified atom stereocenters. The third kappa shape index (κ3) is 5.77. The molecule has 0 radical (unpaired) electrons. The van der Waals surface area contributed by atoms with E-state index in [1.54, 1.807) is 24.3 Å². The summed E-state index contributed by atoms with van der Waals surface area (Å²) in [5, 5.41) is 14.9. The van der Waals surface area contributed by atoms with Gasteiger partial charge in [0.1, 0.15) is 12.1 Å². The Kier molecular flexibility index (Phi) is 7.82. The van der Waals surface area contributed by atoms with E-state index in [0.717, 1.165) is 11.1 Å². The monoisotopic (exact) mass is 451 g/mol. The summed E-state index contributed by atoms with van der Waals surface area (Å²) in [4.78, 5) is 51.3. The van der Waals surface area contributed by atoms with Crippen molar-refractivity contribution < 1.29 is 24.3 Å². The molecule has 3 amide bonds. The summed E-state index contributed by atoms with van der Waals surface area (Å²) in [6, 6.07) is 14.4. The maximum atomic E-state index is 12.9. The number of carboxylic acid groups (broad SMARTS) is 1. The fourth-order valence-corrected chi connectivity index (χ4v) is 3.96. The maximum Gasteiger partial charge on any atom is 0.327 e. The van der Waals surface area contributed by atoms with Crippen molar-refractivity contribution in [1.29, 1.82) is 0 Å². The van der Waals surface area contributed by atoms with Gasteiger partial charge in [-0.05, 0) is 23.1 Å². The summed E-state index contributed by atoms with van der Waals surface area (Å²) >= 11 is 0. The number of carbonyl (C=O) groups is 4. The predicted octanol–water partition coefficient (Wildman–Crippen LogP) is 1.92. The number of amides is 3. The van der Waals surface area contributed by atoms with E-state index in [9.17, 15) is 24.3 Å². The second-order valence-corrected chi connectivity index (χ2v) is 8.26. The Morgan fingerprint density at radius 3 is 2.39 bits per heavy atom. The van der Waals surface area contributed by atoms with Crippen LogP contribution in [-0.4, -0.2) is 47.4 Å². The molecule has 174 valence electrons. The van der Waals surface area contributed by atoms with Gasteiger partial charge >= 0.3 is 5.97 Å². The molecule has 0 saturated carbocycles. The number of aliphatic carboxylic acids is 1. The second kappa shape index (κ2) is 10.8. The Morgan fingerprint density at radius 1 is 1.06 bits per heavy atom. The van der Waals surface area contributed by atoms with Crippen molar-refractivity contribution in [3.05, 3.63) is 65.7 Å². The zero-order valence-electron chi connectivity index (χ0n) is 18.8. The zero-order valence-corrected chi connectivity index (χ0v) is 18.8. The minimum Gasteiger partial charge on any atom is -0.480 e. The summed E-state index contributed by atoms with van der Waals surface area (Å²) in [5.41, 5.74) is 2.15. The SMILES string of the molecule is CC[C@H](C)[C@H](NC(=O)Cc1ccccc1)C(=O)NCC(=O)N1c2ccccc2CC1C(=O)O. The van der Waals surface area contributed by atoms with E-state index in [4.69, 9.17) is 0 Å². The molecule has 2 aromatic carbocycles. The number of nitrogens with one attached hydrogen (secondary N) is 2. The smallest absolute Gasteiger partial charge is 0.327 e. The lowest BCUT2D eigenvalue weighted by atomic mass is 9.98. The Morgan fingerprint density at radius 2 is 1.73 bits per heavy atom. The molecule has 3 rings (SSSR count). The number of hydrogen-bond acceptors (Lipinski definition) is 4. The molecule has 1 aliphatic heterocycles. The van der Waals surface area contributed by atoms with E-state index in [1.165, 1.54) is 4.90 Å². The number of anilines is 1. The highest BCUT2D eigenvalue weighted by atomic mass is 16.4. The first-order valence-corrected chi connectivity index (χ1v) is 11.1. The van der Waals surface area contributed by atoms with Crippen molar-refractivity contribution in [1.82, 2.24) is 10.6 Å². The van der Waals surface area contributed by atoms with Crippen molar-refractivity contribution in [3.8, 4) is 0 Å². The molecule has 0 saturated heterocycles. The highest BCUT2D eigenvalue weighted by Crippen LogP contribution is 2.32. The van der Waals surface area contributed by atoms with Crippen LogP contribution in [0.2, 0.25) is 0 Å². The van der Waals surface area contributed by atoms with Gasteiger partial charge in [0.25, 0.3) is 0 Å². The van der Waals surface area contributed by atoms with Crippen LogP contribution in [0.15, 0.2) is 54.6 Å². The van der Waals surface area contributed by atoms with Crippen molar-refractivity contribution >= 4 is 29.4 Å². The van der Waals surface area contributed by atoms with Gasteiger partial charge in [-0.25, -0.2) is 4.79 Å². The van der Waals surface area contributed by atoms with Crippen LogP contribution in [0.3, 0.4) is 0 Å². The molecular weight excluding hydrogens is 422 g/mol.